The van der Waals surface area contributed by atoms with Gasteiger partial charge in [0.25, 0.3) is 0 Å². The molecule has 0 radical (unpaired) electrons. The van der Waals surface area contributed by atoms with E-state index in [-0.39, 0.29) is 26.4 Å². The Morgan fingerprint density at radius 1 is 0.426 bits per heavy atom. The van der Waals surface area contributed by atoms with Crippen LogP contribution in [0.2, 0.25) is 0 Å². The Morgan fingerprint density at radius 3 is 1.19 bits per heavy atom. The molecule has 1 unspecified atom stereocenters. The zero-order valence-electron chi connectivity index (χ0n) is 38.4. The predicted molar refractivity (Wildman–Crippen MR) is 272 cm³/mol. The second kappa shape index (κ2) is 25.5. The van der Waals surface area contributed by atoms with Crippen molar-refractivity contribution in [2.75, 3.05) is 26.4 Å². The fraction of sp³-hybridized carbons (Fsp3) is 0.308. The van der Waals surface area contributed by atoms with Gasteiger partial charge in [-0.05, 0) is 0 Å². The molecule has 5 N–H and O–H groups in total. The second-order valence-corrected chi connectivity index (χ2v) is 22.8. The van der Waals surface area contributed by atoms with Gasteiger partial charge in [-0.2, -0.15) is 0 Å². The molecule has 0 fully saturated rings. The van der Waals surface area contributed by atoms with E-state index in [0.717, 1.165) is 22.3 Å². The summed E-state index contributed by atoms with van der Waals surface area (Å²) in [4.78, 5) is 11.0. The van der Waals surface area contributed by atoms with Crippen molar-refractivity contribution in [1.29, 1.82) is 0 Å². The van der Waals surface area contributed by atoms with Crippen LogP contribution in [0.15, 0.2) is 162 Å². The number of para-hydroxylation sites is 6. The molecule has 6 aromatic carbocycles. The first-order chi connectivity index (χ1) is 33.4. The monoisotopic (exact) mass is 983 g/mol. The molecule has 0 saturated carbocycles. The van der Waals surface area contributed by atoms with Gasteiger partial charge in [-0.25, -0.2) is 0 Å². The van der Waals surface area contributed by atoms with Gasteiger partial charge in [0.1, 0.15) is 0 Å². The summed E-state index contributed by atoms with van der Waals surface area (Å²) in [5.74, 6) is 2.60. The summed E-state index contributed by atoms with van der Waals surface area (Å²) < 4.78 is 45.0. The minimum atomic E-state index is -5.61. The maximum absolute atomic E-state index is 9.85. The van der Waals surface area contributed by atoms with E-state index in [1.807, 2.05) is 158 Å². The molecule has 0 aromatic heterocycles. The molecule has 0 saturated heterocycles. The fourth-order valence-corrected chi connectivity index (χ4v) is 17.2. The maximum atomic E-state index is 9.85. The number of nitrogens with zero attached hydrogens (tertiary/aromatic N) is 2. The molecule has 1 heterocycles. The summed E-state index contributed by atoms with van der Waals surface area (Å²) in [6.07, 6.45) is 7.44. The number of aliphatic hydroxyl groups excluding tert-OH is 4. The van der Waals surface area contributed by atoms with Gasteiger partial charge in [0, 0.05) is 0 Å². The van der Waals surface area contributed by atoms with Gasteiger partial charge in [-0.15, -0.1) is 0 Å². The first-order valence-electron chi connectivity index (χ1n) is 23.4. The number of aryl methyl sites for hydroxylation is 4. The number of benzene rings is 6. The van der Waals surface area contributed by atoms with Gasteiger partial charge in [0.15, 0.2) is 0 Å². The molecule has 0 amide bonds. The molecule has 13 nitrogen and oxygen atoms in total. The van der Waals surface area contributed by atoms with Gasteiger partial charge >= 0.3 is 404 Å². The Labute approximate surface area is 402 Å². The number of aliphatic hydroxyl groups is 4. The molecule has 1 atom stereocenters. The topological polar surface area (TPSA) is 164 Å². The summed E-state index contributed by atoms with van der Waals surface area (Å²) in [7, 11) is -10.4. The molecular formula is C52H64N3O10P3. The third kappa shape index (κ3) is 13.0. The molecule has 0 aliphatic carbocycles. The number of hydrogen-bond acceptors (Lipinski definition) is 13. The van der Waals surface area contributed by atoms with Crippen LogP contribution in [0.1, 0.15) is 73.6 Å². The van der Waals surface area contributed by atoms with Crippen LogP contribution >= 0.6 is 24.1 Å². The number of rotatable bonds is 28. The van der Waals surface area contributed by atoms with Crippen molar-refractivity contribution in [3.05, 3.63) is 180 Å². The third-order valence-corrected chi connectivity index (χ3v) is 19.7. The number of nitrogens with one attached hydrogen (secondary N) is 1. The first-order valence-corrected chi connectivity index (χ1v) is 27.8. The van der Waals surface area contributed by atoms with E-state index in [4.69, 9.17) is 32.0 Å². The number of unbranched alkanes of at least 4 members (excludes halogenated alkanes) is 4. The Bertz CT molecular complexity index is 2410. The van der Waals surface area contributed by atoms with Gasteiger partial charge in [-0.1, -0.05) is 0 Å². The van der Waals surface area contributed by atoms with Crippen LogP contribution in [-0.2, 0) is 25.7 Å². The van der Waals surface area contributed by atoms with E-state index in [1.165, 1.54) is 4.60 Å². The molecule has 7 rings (SSSR count). The van der Waals surface area contributed by atoms with Crippen molar-refractivity contribution in [3.63, 3.8) is 0 Å². The van der Waals surface area contributed by atoms with Crippen LogP contribution in [-0.4, -0.2) is 51.5 Å². The Hall–Kier alpha value is -5.03. The normalized spacial score (nSPS) is 15.9. The summed E-state index contributed by atoms with van der Waals surface area (Å²) in [5, 5.41) is 39.3. The average molecular weight is 984 g/mol. The van der Waals surface area contributed by atoms with Gasteiger partial charge < -0.3 is 0 Å². The van der Waals surface area contributed by atoms with Crippen LogP contribution in [0.25, 0.3) is 0 Å². The first kappa shape index (κ1) is 50.8. The van der Waals surface area contributed by atoms with E-state index < -0.39 is 24.1 Å². The molecule has 68 heavy (non-hydrogen) atoms. The van der Waals surface area contributed by atoms with Crippen molar-refractivity contribution < 1.29 is 47.9 Å². The van der Waals surface area contributed by atoms with Crippen LogP contribution in [0.3, 0.4) is 0 Å². The standard InChI is InChI=1S/C52H64N3O10P3/c56-39-19-15-27-43-23-7-11-35-49(43)61-67(62-50-36-12-8-24-44(50)28-16-20-40-57)53-66-54-68(63-48-33-5-2-6-34-48,55(67)60-47-31-3-1-4-32-47,64-51-37-13-9-25-45(51)29-17-21-41-58)65-52-38-14-10-26-46(52)30-18-22-42-59/h1-14,23-26,31-38,54,56-59,66H,15-22,27-30,39-42H2. The van der Waals surface area contributed by atoms with E-state index in [9.17, 15) is 20.4 Å². The zero-order valence-corrected chi connectivity index (χ0v) is 41.1. The summed E-state index contributed by atoms with van der Waals surface area (Å²) in [5.41, 5.74) is 3.41. The molecular weight excluding hydrogens is 920 g/mol. The van der Waals surface area contributed by atoms with Crippen molar-refractivity contribution in [3.8, 4) is 34.5 Å². The third-order valence-electron chi connectivity index (χ3n) is 11.1. The molecule has 6 aromatic rings. The van der Waals surface area contributed by atoms with E-state index in [2.05, 4.69) is 4.86 Å². The van der Waals surface area contributed by atoms with E-state index in [1.54, 1.807) is 0 Å². The molecule has 362 valence electrons. The number of hydrogen-bond donors (Lipinski definition) is 5. The minimum absolute atomic E-state index is 0.0449. The van der Waals surface area contributed by atoms with Crippen LogP contribution in [0.4, 0.5) is 0 Å². The molecule has 0 spiro atoms. The zero-order chi connectivity index (χ0) is 47.4. The van der Waals surface area contributed by atoms with Crippen LogP contribution in [0.5, 0.6) is 34.5 Å². The summed E-state index contributed by atoms with van der Waals surface area (Å²) in [6.45, 7) is 0.201. The Morgan fingerprint density at radius 2 is 0.779 bits per heavy atom. The van der Waals surface area contributed by atoms with Crippen molar-refractivity contribution in [1.82, 2.24) is 9.46 Å². The van der Waals surface area contributed by atoms with Crippen LogP contribution < -0.4 is 32.3 Å². The molecule has 1 aliphatic heterocycles. The fourth-order valence-electron chi connectivity index (χ4n) is 7.68. The van der Waals surface area contributed by atoms with Gasteiger partial charge in [0.2, 0.25) is 0 Å². The molecule has 1 aliphatic rings. The molecule has 16 heteroatoms. The Kier molecular flexibility index (Phi) is 19.1. The average Bonchev–Trinajstić information content (AvgIpc) is 3.36. The van der Waals surface area contributed by atoms with Gasteiger partial charge in [0.05, 0.1) is 0 Å². The second-order valence-electron chi connectivity index (χ2n) is 16.2. The quantitative estimate of drug-likeness (QED) is 0.0234. The van der Waals surface area contributed by atoms with Crippen molar-refractivity contribution in [2.45, 2.75) is 77.0 Å². The Balaban J connectivity index is 1.58. The predicted octanol–water partition coefficient (Wildman–Crippen LogP) is 12.1. The van der Waals surface area contributed by atoms with Gasteiger partial charge in [-0.3, -0.25) is 0 Å². The SMILES string of the molecule is OCCCCc1ccccc1OP1(Oc2ccccc2CCCCO)=NPNP(Oc2ccccc2)(Oc2ccccc2CCCCO)(Oc2ccccc2CCCCO)N1Oc1ccccc1. The van der Waals surface area contributed by atoms with Crippen molar-refractivity contribution >= 4 is 24.1 Å². The van der Waals surface area contributed by atoms with Crippen molar-refractivity contribution in [2.24, 2.45) is 4.52 Å². The molecule has 0 bridgehead atoms. The van der Waals surface area contributed by atoms with E-state index in [0.29, 0.717) is 112 Å². The van der Waals surface area contributed by atoms with Crippen LogP contribution in [0, 0.1) is 0 Å². The summed E-state index contributed by atoms with van der Waals surface area (Å²) in [6, 6.07) is 49.4. The summed E-state index contributed by atoms with van der Waals surface area (Å²) >= 11 is 0. The van der Waals surface area contributed by atoms with E-state index >= 15 is 0 Å².